The van der Waals surface area contributed by atoms with Crippen molar-refractivity contribution in [2.75, 3.05) is 0 Å². The number of thiol groups is 1. The Balaban J connectivity index is 0.00000484. The Labute approximate surface area is 154 Å². The molecule has 0 heterocycles. The second-order valence-corrected chi connectivity index (χ2v) is 4.20. The Morgan fingerprint density at radius 2 is 0.696 bits per heavy atom. The summed E-state index contributed by atoms with van der Waals surface area (Å²) in [4.78, 5) is 54.8. The molecule has 0 spiro atoms. The quantitative estimate of drug-likeness (QED) is 0.243. The molecule has 0 saturated heterocycles. The van der Waals surface area contributed by atoms with Crippen LogP contribution >= 0.6 is 12.6 Å². The van der Waals surface area contributed by atoms with Gasteiger partial charge in [-0.05, 0) is 0 Å². The molecule has 0 aromatic heterocycles. The molecular formula is C11H6NaO10S+. The van der Waals surface area contributed by atoms with Gasteiger partial charge in [0.25, 0.3) is 0 Å². The molecular weight excluding hydrogens is 347 g/mol. The third-order valence-electron chi connectivity index (χ3n) is 2.54. The van der Waals surface area contributed by atoms with E-state index in [9.17, 15) is 24.0 Å². The van der Waals surface area contributed by atoms with Crippen LogP contribution in [-0.4, -0.2) is 55.4 Å². The monoisotopic (exact) mass is 353 g/mol. The second kappa shape index (κ2) is 7.46. The van der Waals surface area contributed by atoms with E-state index >= 15 is 0 Å². The fraction of sp³-hybridized carbons (Fsp3) is 0. The van der Waals surface area contributed by atoms with Crippen molar-refractivity contribution in [3.63, 3.8) is 0 Å². The molecule has 0 fully saturated rings. The molecule has 12 heteroatoms. The van der Waals surface area contributed by atoms with E-state index in [1.54, 1.807) is 0 Å². The number of benzene rings is 1. The SMILES string of the molecule is O=C(O)c1c(S)c(C(=O)O)c(C(=O)O)c(C(=O)O)c1C(=O)O.[Na+]. The van der Waals surface area contributed by atoms with E-state index in [2.05, 4.69) is 12.6 Å². The van der Waals surface area contributed by atoms with Gasteiger partial charge < -0.3 is 25.5 Å². The maximum Gasteiger partial charge on any atom is 1.00 e. The zero-order valence-corrected chi connectivity index (χ0v) is 14.1. The van der Waals surface area contributed by atoms with Crippen LogP contribution in [0.5, 0.6) is 0 Å². The maximum atomic E-state index is 11.2. The van der Waals surface area contributed by atoms with E-state index in [-0.39, 0.29) is 29.6 Å². The molecule has 5 N–H and O–H groups in total. The molecule has 0 bridgehead atoms. The molecule has 0 aliphatic rings. The zero-order chi connectivity index (χ0) is 17.4. The van der Waals surface area contributed by atoms with Gasteiger partial charge in [-0.1, -0.05) is 0 Å². The van der Waals surface area contributed by atoms with Crippen molar-refractivity contribution < 1.29 is 79.1 Å². The van der Waals surface area contributed by atoms with E-state index in [4.69, 9.17) is 25.5 Å². The van der Waals surface area contributed by atoms with Gasteiger partial charge >= 0.3 is 59.4 Å². The third kappa shape index (κ3) is 3.64. The summed E-state index contributed by atoms with van der Waals surface area (Å²) in [5.74, 6) is -10.1. The van der Waals surface area contributed by atoms with Crippen LogP contribution in [0.4, 0.5) is 0 Å². The predicted molar refractivity (Wildman–Crippen MR) is 68.5 cm³/mol. The molecule has 0 aliphatic heterocycles. The van der Waals surface area contributed by atoms with Crippen molar-refractivity contribution in [1.29, 1.82) is 0 Å². The summed E-state index contributed by atoms with van der Waals surface area (Å²) in [5, 5.41) is 45.0. The summed E-state index contributed by atoms with van der Waals surface area (Å²) in [6.45, 7) is 0. The van der Waals surface area contributed by atoms with E-state index in [0.29, 0.717) is 0 Å². The summed E-state index contributed by atoms with van der Waals surface area (Å²) in [7, 11) is 0. The minimum absolute atomic E-state index is 0. The number of carboxylic acid groups (broad SMARTS) is 5. The van der Waals surface area contributed by atoms with Crippen molar-refractivity contribution in [2.45, 2.75) is 4.90 Å². The van der Waals surface area contributed by atoms with E-state index in [1.807, 2.05) is 0 Å². The molecule has 0 unspecified atom stereocenters. The molecule has 0 saturated carbocycles. The maximum absolute atomic E-state index is 11.2. The Morgan fingerprint density at radius 1 is 0.522 bits per heavy atom. The Bertz CT molecular complexity index is 701. The van der Waals surface area contributed by atoms with Crippen LogP contribution in [0.1, 0.15) is 51.8 Å². The second-order valence-electron chi connectivity index (χ2n) is 3.75. The van der Waals surface area contributed by atoms with Crippen LogP contribution < -0.4 is 29.6 Å². The van der Waals surface area contributed by atoms with Crippen molar-refractivity contribution in [2.24, 2.45) is 0 Å². The smallest absolute Gasteiger partial charge is 0.478 e. The fourth-order valence-electron chi connectivity index (χ4n) is 1.79. The van der Waals surface area contributed by atoms with Gasteiger partial charge in [0, 0.05) is 4.90 Å². The van der Waals surface area contributed by atoms with Crippen LogP contribution in [0.3, 0.4) is 0 Å². The minimum Gasteiger partial charge on any atom is -0.478 e. The Hall–Kier alpha value is -2.08. The van der Waals surface area contributed by atoms with Crippen LogP contribution in [0.25, 0.3) is 0 Å². The standard InChI is InChI=1S/C11H6O10S.Na/c12-7(13)1-2(8(14)15)4(10(18)19)6(22)5(11(20)21)3(1)9(16)17;/h22H,(H,12,13)(H,14,15)(H,16,17)(H,18,19)(H,20,21);/q;+1. The summed E-state index contributed by atoms with van der Waals surface area (Å²) in [5.41, 5.74) is -6.64. The first-order valence-corrected chi connectivity index (χ1v) is 5.56. The number of rotatable bonds is 5. The van der Waals surface area contributed by atoms with Crippen molar-refractivity contribution in [3.05, 3.63) is 27.8 Å². The average molecular weight is 353 g/mol. The van der Waals surface area contributed by atoms with Gasteiger partial charge in [-0.3, -0.25) is 0 Å². The van der Waals surface area contributed by atoms with E-state index in [0.717, 1.165) is 0 Å². The summed E-state index contributed by atoms with van der Waals surface area (Å²) in [6, 6.07) is 0. The van der Waals surface area contributed by atoms with E-state index < -0.39 is 62.6 Å². The Kier molecular flexibility index (Phi) is 6.78. The first kappa shape index (κ1) is 20.9. The topological polar surface area (TPSA) is 186 Å². The van der Waals surface area contributed by atoms with E-state index in [1.165, 1.54) is 0 Å². The molecule has 0 atom stereocenters. The van der Waals surface area contributed by atoms with Crippen molar-refractivity contribution in [1.82, 2.24) is 0 Å². The van der Waals surface area contributed by atoms with Crippen LogP contribution in [0, 0.1) is 0 Å². The number of hydrogen-bond donors (Lipinski definition) is 6. The average Bonchev–Trinajstić information content (AvgIpc) is 2.34. The number of carboxylic acids is 5. The normalized spacial score (nSPS) is 9.61. The number of carbonyl (C=O) groups is 5. The summed E-state index contributed by atoms with van der Waals surface area (Å²) in [6.07, 6.45) is 0. The molecule has 0 amide bonds. The first-order valence-electron chi connectivity index (χ1n) is 5.11. The molecule has 1 aromatic carbocycles. The molecule has 1 rings (SSSR count). The molecule has 1 aromatic rings. The van der Waals surface area contributed by atoms with Gasteiger partial charge in [0.1, 0.15) is 0 Å². The minimum atomic E-state index is -2.10. The summed E-state index contributed by atoms with van der Waals surface area (Å²) < 4.78 is 0. The van der Waals surface area contributed by atoms with Gasteiger partial charge in [0.05, 0.1) is 27.8 Å². The van der Waals surface area contributed by atoms with Gasteiger partial charge in [-0.25, -0.2) is 24.0 Å². The number of hydrogen-bond acceptors (Lipinski definition) is 6. The molecule has 10 nitrogen and oxygen atoms in total. The molecule has 116 valence electrons. The summed E-state index contributed by atoms with van der Waals surface area (Å²) >= 11 is 3.55. The predicted octanol–water partition coefficient (Wildman–Crippen LogP) is -2.53. The molecule has 0 aliphatic carbocycles. The van der Waals surface area contributed by atoms with Crippen LogP contribution in [0.2, 0.25) is 0 Å². The van der Waals surface area contributed by atoms with Crippen LogP contribution in [-0.2, 0) is 0 Å². The molecule has 23 heavy (non-hydrogen) atoms. The van der Waals surface area contributed by atoms with Gasteiger partial charge in [-0.15, -0.1) is 12.6 Å². The zero-order valence-electron chi connectivity index (χ0n) is 11.2. The number of aromatic carboxylic acids is 5. The van der Waals surface area contributed by atoms with Crippen molar-refractivity contribution >= 4 is 42.5 Å². The van der Waals surface area contributed by atoms with Crippen molar-refractivity contribution in [3.8, 4) is 0 Å². The van der Waals surface area contributed by atoms with Crippen LogP contribution in [0.15, 0.2) is 4.90 Å². The largest absolute Gasteiger partial charge is 1.00 e. The van der Waals surface area contributed by atoms with Gasteiger partial charge in [0.15, 0.2) is 0 Å². The molecule has 0 radical (unpaired) electrons. The first-order chi connectivity index (χ1) is 10.0. The fourth-order valence-corrected chi connectivity index (χ4v) is 2.21. The third-order valence-corrected chi connectivity index (χ3v) is 2.99. The van der Waals surface area contributed by atoms with Gasteiger partial charge in [0.2, 0.25) is 0 Å². The Morgan fingerprint density at radius 3 is 0.870 bits per heavy atom. The van der Waals surface area contributed by atoms with Gasteiger partial charge in [-0.2, -0.15) is 0 Å².